The average Bonchev–Trinajstić information content (AvgIpc) is 3.25. The third-order valence-electron chi connectivity index (χ3n) is 5.64. The van der Waals surface area contributed by atoms with Crippen LogP contribution in [-0.4, -0.2) is 23.1 Å². The van der Waals surface area contributed by atoms with Crippen LogP contribution in [0.1, 0.15) is 30.4 Å². The molecule has 0 N–H and O–H groups in total. The molecule has 1 aromatic heterocycles. The fourth-order valence-electron chi connectivity index (χ4n) is 4.33. The van der Waals surface area contributed by atoms with Crippen LogP contribution in [0.25, 0.3) is 15.7 Å². The topological polar surface area (TPSA) is 29.5 Å². The van der Waals surface area contributed by atoms with E-state index in [0.717, 1.165) is 24.8 Å². The van der Waals surface area contributed by atoms with Crippen molar-refractivity contribution in [3.63, 3.8) is 0 Å². The number of ether oxygens (including phenoxy) is 1. The molecule has 1 saturated heterocycles. The number of fused-ring (bicyclic) bond motifs is 3. The minimum absolute atomic E-state index is 0.153. The van der Waals surface area contributed by atoms with Gasteiger partial charge in [0.15, 0.2) is 0 Å². The molecule has 3 heterocycles. The predicted molar refractivity (Wildman–Crippen MR) is 110 cm³/mol. The van der Waals surface area contributed by atoms with Crippen molar-refractivity contribution in [1.29, 1.82) is 0 Å². The molecule has 136 valence electrons. The van der Waals surface area contributed by atoms with Crippen molar-refractivity contribution in [2.45, 2.75) is 38.0 Å². The molecule has 0 saturated carbocycles. The van der Waals surface area contributed by atoms with E-state index in [0.29, 0.717) is 6.61 Å². The molecule has 2 atom stereocenters. The van der Waals surface area contributed by atoms with Gasteiger partial charge < -0.3 is 4.74 Å². The second-order valence-electron chi connectivity index (χ2n) is 7.29. The summed E-state index contributed by atoms with van der Waals surface area (Å²) in [6.45, 7) is 0.335. The van der Waals surface area contributed by atoms with Crippen LogP contribution < -0.4 is 0 Å². The highest BCUT2D eigenvalue weighted by Gasteiger charge is 2.40. The minimum atomic E-state index is -0.183. The van der Waals surface area contributed by atoms with Crippen LogP contribution in [0, 0.1) is 0 Å². The summed E-state index contributed by atoms with van der Waals surface area (Å²) in [5.74, 6) is 0. The van der Waals surface area contributed by atoms with Gasteiger partial charge in [-0.1, -0.05) is 54.6 Å². The SMILES string of the molecule is O=C(OCc1ccccc1)N1C2C=C(c3csc4ccccc34)CC1CC2. The number of hydrogen-bond acceptors (Lipinski definition) is 3. The highest BCUT2D eigenvalue weighted by atomic mass is 32.1. The van der Waals surface area contributed by atoms with E-state index in [9.17, 15) is 4.79 Å². The van der Waals surface area contributed by atoms with Gasteiger partial charge in [0, 0.05) is 10.7 Å². The molecule has 1 fully saturated rings. The average molecular weight is 375 g/mol. The van der Waals surface area contributed by atoms with E-state index in [-0.39, 0.29) is 18.2 Å². The van der Waals surface area contributed by atoms with Crippen molar-refractivity contribution in [3.05, 3.63) is 77.2 Å². The van der Waals surface area contributed by atoms with Gasteiger partial charge in [0.05, 0.1) is 6.04 Å². The number of carbonyl (C=O) groups is 1. The van der Waals surface area contributed by atoms with Crippen molar-refractivity contribution in [2.24, 2.45) is 0 Å². The third-order valence-corrected chi connectivity index (χ3v) is 6.60. The molecule has 2 aromatic carbocycles. The molecule has 2 unspecified atom stereocenters. The van der Waals surface area contributed by atoms with E-state index in [4.69, 9.17) is 4.74 Å². The van der Waals surface area contributed by atoms with Crippen molar-refractivity contribution >= 4 is 33.1 Å². The number of nitrogens with zero attached hydrogens (tertiary/aromatic N) is 1. The Balaban J connectivity index is 1.35. The maximum absolute atomic E-state index is 12.7. The zero-order valence-electron chi connectivity index (χ0n) is 15.0. The van der Waals surface area contributed by atoms with Gasteiger partial charge in [0.25, 0.3) is 0 Å². The molecule has 2 bridgehead atoms. The molecule has 4 heteroatoms. The number of rotatable bonds is 3. The number of thiophene rings is 1. The van der Waals surface area contributed by atoms with Crippen LogP contribution in [0.4, 0.5) is 4.79 Å². The smallest absolute Gasteiger partial charge is 0.410 e. The monoisotopic (exact) mass is 375 g/mol. The van der Waals surface area contributed by atoms with Gasteiger partial charge in [0.1, 0.15) is 6.61 Å². The molecule has 2 aliphatic heterocycles. The van der Waals surface area contributed by atoms with Crippen LogP contribution in [-0.2, 0) is 11.3 Å². The Morgan fingerprint density at radius 1 is 1.07 bits per heavy atom. The first-order valence-electron chi connectivity index (χ1n) is 9.46. The Labute approximate surface area is 162 Å². The molecule has 0 aliphatic carbocycles. The minimum Gasteiger partial charge on any atom is -0.445 e. The molecule has 3 aromatic rings. The zero-order valence-corrected chi connectivity index (χ0v) is 15.8. The molecule has 2 aliphatic rings. The first kappa shape index (κ1) is 16.6. The van der Waals surface area contributed by atoms with Crippen LogP contribution >= 0.6 is 11.3 Å². The van der Waals surface area contributed by atoms with Crippen molar-refractivity contribution in [3.8, 4) is 0 Å². The standard InChI is InChI=1S/C23H21NO2S/c25-23(26-14-16-6-2-1-3-7-16)24-18-10-11-19(24)13-17(12-18)21-15-27-22-9-5-4-8-20(21)22/h1-9,12,15,18-19H,10-11,13-14H2. The van der Waals surface area contributed by atoms with Crippen LogP contribution in [0.5, 0.6) is 0 Å². The number of amides is 1. The Hall–Kier alpha value is -2.59. The van der Waals surface area contributed by atoms with E-state index in [1.165, 1.54) is 21.2 Å². The van der Waals surface area contributed by atoms with Crippen LogP contribution in [0.3, 0.4) is 0 Å². The Kier molecular flexibility index (Phi) is 4.21. The van der Waals surface area contributed by atoms with Gasteiger partial charge in [-0.3, -0.25) is 4.90 Å². The molecular formula is C23H21NO2S. The molecule has 1 amide bonds. The molecular weight excluding hydrogens is 354 g/mol. The quantitative estimate of drug-likeness (QED) is 0.574. The van der Waals surface area contributed by atoms with Crippen molar-refractivity contribution in [2.75, 3.05) is 0 Å². The number of carbonyl (C=O) groups excluding carboxylic acids is 1. The summed E-state index contributed by atoms with van der Waals surface area (Å²) >= 11 is 1.80. The molecule has 3 nitrogen and oxygen atoms in total. The predicted octanol–water partition coefficient (Wildman–Crippen LogP) is 5.86. The van der Waals surface area contributed by atoms with Gasteiger partial charge in [-0.25, -0.2) is 4.79 Å². The maximum atomic E-state index is 12.7. The van der Waals surface area contributed by atoms with Gasteiger partial charge in [-0.05, 0) is 52.8 Å². The first-order chi connectivity index (χ1) is 13.3. The lowest BCUT2D eigenvalue weighted by Crippen LogP contribution is -2.43. The fraction of sp³-hybridized carbons (Fsp3) is 0.261. The van der Waals surface area contributed by atoms with Crippen LogP contribution in [0.2, 0.25) is 0 Å². The Bertz CT molecular complexity index is 1010. The highest BCUT2D eigenvalue weighted by molar-refractivity contribution is 7.17. The summed E-state index contributed by atoms with van der Waals surface area (Å²) in [6, 6.07) is 18.8. The molecule has 27 heavy (non-hydrogen) atoms. The lowest BCUT2D eigenvalue weighted by Gasteiger charge is -2.33. The molecule has 0 spiro atoms. The van der Waals surface area contributed by atoms with E-state index in [1.807, 2.05) is 35.2 Å². The Morgan fingerprint density at radius 3 is 2.74 bits per heavy atom. The fourth-order valence-corrected chi connectivity index (χ4v) is 5.32. The van der Waals surface area contributed by atoms with Gasteiger partial charge in [0.2, 0.25) is 0 Å². The van der Waals surface area contributed by atoms with Crippen molar-refractivity contribution < 1.29 is 9.53 Å². The largest absolute Gasteiger partial charge is 0.445 e. The van der Waals surface area contributed by atoms with Crippen molar-refractivity contribution in [1.82, 2.24) is 4.90 Å². The Morgan fingerprint density at radius 2 is 1.89 bits per heavy atom. The second kappa shape index (κ2) is 6.86. The lowest BCUT2D eigenvalue weighted by molar-refractivity contribution is 0.0832. The highest BCUT2D eigenvalue weighted by Crippen LogP contribution is 2.42. The van der Waals surface area contributed by atoms with Gasteiger partial charge >= 0.3 is 6.09 Å². The lowest BCUT2D eigenvalue weighted by atomic mass is 9.94. The van der Waals surface area contributed by atoms with Crippen LogP contribution in [0.15, 0.2) is 66.1 Å². The summed E-state index contributed by atoms with van der Waals surface area (Å²) in [5.41, 5.74) is 3.74. The summed E-state index contributed by atoms with van der Waals surface area (Å²) < 4.78 is 6.93. The van der Waals surface area contributed by atoms with Gasteiger partial charge in [-0.2, -0.15) is 0 Å². The molecule has 0 radical (unpaired) electrons. The van der Waals surface area contributed by atoms with Gasteiger partial charge in [-0.15, -0.1) is 11.3 Å². The van der Waals surface area contributed by atoms with E-state index < -0.39 is 0 Å². The van der Waals surface area contributed by atoms with E-state index in [2.05, 4.69) is 35.7 Å². The first-order valence-corrected chi connectivity index (χ1v) is 10.3. The maximum Gasteiger partial charge on any atom is 0.410 e. The summed E-state index contributed by atoms with van der Waals surface area (Å²) in [7, 11) is 0. The molecule has 5 rings (SSSR count). The van der Waals surface area contributed by atoms with E-state index in [1.54, 1.807) is 11.3 Å². The summed E-state index contributed by atoms with van der Waals surface area (Å²) in [4.78, 5) is 14.7. The third kappa shape index (κ3) is 3.04. The second-order valence-corrected chi connectivity index (χ2v) is 8.20. The number of hydrogen-bond donors (Lipinski definition) is 0. The summed E-state index contributed by atoms with van der Waals surface area (Å²) in [6.07, 6.45) is 5.10. The van der Waals surface area contributed by atoms with E-state index >= 15 is 0 Å². The zero-order chi connectivity index (χ0) is 18.2. The number of benzene rings is 2. The normalized spacial score (nSPS) is 21.3. The summed E-state index contributed by atoms with van der Waals surface area (Å²) in [5, 5.41) is 3.59.